The summed E-state index contributed by atoms with van der Waals surface area (Å²) in [4.78, 5) is 14.5. The van der Waals surface area contributed by atoms with Crippen LogP contribution in [0.15, 0.2) is 42.5 Å². The molecule has 1 heterocycles. The highest BCUT2D eigenvalue weighted by Gasteiger charge is 2.36. The number of rotatable bonds is 6. The number of nitrogens with zero attached hydrogens (tertiary/aromatic N) is 1. The zero-order chi connectivity index (χ0) is 19.3. The van der Waals surface area contributed by atoms with Crippen molar-refractivity contribution in [1.29, 1.82) is 0 Å². The first kappa shape index (κ1) is 20.6. The fourth-order valence-electron chi connectivity index (χ4n) is 3.17. The molecule has 0 spiro atoms. The number of carbonyl (C=O) groups is 1. The molecule has 1 aromatic rings. The van der Waals surface area contributed by atoms with Crippen LogP contribution in [0.2, 0.25) is 5.02 Å². The molecule has 0 aromatic heterocycles. The Balaban J connectivity index is 2.11. The second-order valence-corrected chi connectivity index (χ2v) is 6.92. The van der Waals surface area contributed by atoms with Gasteiger partial charge in [0.25, 0.3) is 11.8 Å². The second-order valence-electron chi connectivity index (χ2n) is 6.55. The van der Waals surface area contributed by atoms with E-state index in [1.807, 2.05) is 30.9 Å². The van der Waals surface area contributed by atoms with E-state index in [-0.39, 0.29) is 37.9 Å². The van der Waals surface area contributed by atoms with Crippen LogP contribution in [-0.4, -0.2) is 42.4 Å². The van der Waals surface area contributed by atoms with Crippen molar-refractivity contribution in [3.63, 3.8) is 0 Å². The molecule has 1 unspecified atom stereocenters. The molecule has 0 radical (unpaired) electrons. The van der Waals surface area contributed by atoms with Gasteiger partial charge >= 0.3 is 0 Å². The van der Waals surface area contributed by atoms with Crippen LogP contribution in [0.5, 0.6) is 0 Å². The number of alkyl halides is 2. The Morgan fingerprint density at radius 3 is 2.65 bits per heavy atom. The number of benzene rings is 1. The lowest BCUT2D eigenvalue weighted by molar-refractivity contribution is -0.0599. The Kier molecular flexibility index (Phi) is 6.95. The fourth-order valence-corrected chi connectivity index (χ4v) is 3.39. The summed E-state index contributed by atoms with van der Waals surface area (Å²) in [5.41, 5.74) is 2.15. The topological polar surface area (TPSA) is 32.3 Å². The van der Waals surface area contributed by atoms with E-state index in [0.29, 0.717) is 17.1 Å². The van der Waals surface area contributed by atoms with Gasteiger partial charge in [-0.15, -0.1) is 0 Å². The van der Waals surface area contributed by atoms with Gasteiger partial charge in [-0.2, -0.15) is 0 Å². The van der Waals surface area contributed by atoms with E-state index in [1.165, 1.54) is 0 Å². The Hall–Kier alpha value is -1.72. The third-order valence-electron chi connectivity index (χ3n) is 4.82. The van der Waals surface area contributed by atoms with Crippen molar-refractivity contribution in [1.82, 2.24) is 10.2 Å². The summed E-state index contributed by atoms with van der Waals surface area (Å²) >= 11 is 6.22. The van der Waals surface area contributed by atoms with Crippen LogP contribution < -0.4 is 5.32 Å². The van der Waals surface area contributed by atoms with Crippen LogP contribution in [0, 0.1) is 6.92 Å². The number of aryl methyl sites for hydroxylation is 1. The highest BCUT2D eigenvalue weighted by atomic mass is 35.5. The predicted octanol–water partition coefficient (Wildman–Crippen LogP) is 4.61. The van der Waals surface area contributed by atoms with Crippen molar-refractivity contribution in [3.05, 3.63) is 58.7 Å². The number of hydrogen-bond donors (Lipinski definition) is 1. The summed E-state index contributed by atoms with van der Waals surface area (Å²) in [6.07, 6.45) is 3.27. The number of piperidine rings is 1. The Bertz CT molecular complexity index is 693. The Morgan fingerprint density at radius 2 is 2.08 bits per heavy atom. The minimum atomic E-state index is -2.61. The second kappa shape index (κ2) is 8.78. The standard InChI is InChI=1S/C20H25ClF2N2O/c1-4-15(5-2)17(25-11-9-20(22,23)10-12-25)13-24-19(26)16-8-6-7-14(3)18(16)21/h4-8,17H,1,9-13H2,2-3H3,(H,24,26). The summed E-state index contributed by atoms with van der Waals surface area (Å²) in [6, 6.07) is 5.10. The predicted molar refractivity (Wildman–Crippen MR) is 102 cm³/mol. The normalized spacial score (nSPS) is 19.0. The van der Waals surface area contributed by atoms with Gasteiger partial charge in [0, 0.05) is 32.5 Å². The number of nitrogens with one attached hydrogen (secondary N) is 1. The van der Waals surface area contributed by atoms with Gasteiger partial charge in [0.1, 0.15) is 0 Å². The molecule has 6 heteroatoms. The zero-order valence-electron chi connectivity index (χ0n) is 15.2. The highest BCUT2D eigenvalue weighted by Crippen LogP contribution is 2.30. The molecule has 142 valence electrons. The maximum Gasteiger partial charge on any atom is 0.252 e. The number of halogens is 3. The third-order valence-corrected chi connectivity index (χ3v) is 5.32. The van der Waals surface area contributed by atoms with E-state index in [1.54, 1.807) is 18.2 Å². The van der Waals surface area contributed by atoms with Crippen LogP contribution in [0.1, 0.15) is 35.7 Å². The van der Waals surface area contributed by atoms with Crippen LogP contribution in [0.3, 0.4) is 0 Å². The molecule has 1 aliphatic rings. The molecule has 0 bridgehead atoms. The van der Waals surface area contributed by atoms with Gasteiger partial charge in [-0.3, -0.25) is 9.69 Å². The minimum absolute atomic E-state index is 0.171. The summed E-state index contributed by atoms with van der Waals surface area (Å²) < 4.78 is 27.0. The maximum absolute atomic E-state index is 13.5. The fraction of sp³-hybridized carbons (Fsp3) is 0.450. The summed E-state index contributed by atoms with van der Waals surface area (Å²) in [6.45, 7) is 8.40. The molecule has 26 heavy (non-hydrogen) atoms. The molecule has 3 nitrogen and oxygen atoms in total. The first-order valence-corrected chi connectivity index (χ1v) is 9.10. The summed E-state index contributed by atoms with van der Waals surface area (Å²) in [5.74, 6) is -2.88. The molecule has 1 amide bonds. The van der Waals surface area contributed by atoms with Crippen molar-refractivity contribution in [2.75, 3.05) is 19.6 Å². The van der Waals surface area contributed by atoms with Gasteiger partial charge in [-0.1, -0.05) is 42.5 Å². The van der Waals surface area contributed by atoms with Crippen LogP contribution in [0.4, 0.5) is 8.78 Å². The zero-order valence-corrected chi connectivity index (χ0v) is 16.0. The van der Waals surface area contributed by atoms with Gasteiger partial charge in [0.05, 0.1) is 16.6 Å². The number of amides is 1. The third kappa shape index (κ3) is 4.92. The van der Waals surface area contributed by atoms with E-state index in [9.17, 15) is 13.6 Å². The van der Waals surface area contributed by atoms with Gasteiger partial charge in [-0.25, -0.2) is 8.78 Å². The van der Waals surface area contributed by atoms with Gasteiger partial charge in [0.2, 0.25) is 0 Å². The summed E-state index contributed by atoms with van der Waals surface area (Å²) in [7, 11) is 0. The number of hydrogen-bond acceptors (Lipinski definition) is 2. The number of carbonyl (C=O) groups excluding carboxylic acids is 1. The Morgan fingerprint density at radius 1 is 1.42 bits per heavy atom. The van der Waals surface area contributed by atoms with Crippen molar-refractivity contribution in [2.24, 2.45) is 0 Å². The van der Waals surface area contributed by atoms with Crippen molar-refractivity contribution in [2.45, 2.75) is 38.7 Å². The van der Waals surface area contributed by atoms with Crippen molar-refractivity contribution < 1.29 is 13.6 Å². The SMILES string of the molecule is C=CC(=CC)C(CNC(=O)c1cccc(C)c1Cl)N1CCC(F)(F)CC1. The maximum atomic E-state index is 13.5. The largest absolute Gasteiger partial charge is 0.350 e. The molecule has 0 saturated carbocycles. The molecule has 2 rings (SSSR count). The molecule has 0 aliphatic carbocycles. The van der Waals surface area contributed by atoms with E-state index < -0.39 is 5.92 Å². The van der Waals surface area contributed by atoms with Gasteiger partial charge in [-0.05, 0) is 31.1 Å². The lowest BCUT2D eigenvalue weighted by Gasteiger charge is -2.38. The molecular weight excluding hydrogens is 358 g/mol. The smallest absolute Gasteiger partial charge is 0.252 e. The molecular formula is C20H25ClF2N2O. The highest BCUT2D eigenvalue weighted by molar-refractivity contribution is 6.34. The Labute approximate surface area is 158 Å². The number of allylic oxidation sites excluding steroid dienone is 1. The van der Waals surface area contributed by atoms with Gasteiger partial charge < -0.3 is 5.32 Å². The van der Waals surface area contributed by atoms with E-state index >= 15 is 0 Å². The molecule has 1 atom stereocenters. The quantitative estimate of drug-likeness (QED) is 0.728. The van der Waals surface area contributed by atoms with Crippen molar-refractivity contribution >= 4 is 17.5 Å². The molecule has 1 aromatic carbocycles. The lowest BCUT2D eigenvalue weighted by Crippen LogP contribution is -2.50. The molecule has 1 aliphatic heterocycles. The average Bonchev–Trinajstić information content (AvgIpc) is 2.61. The first-order valence-electron chi connectivity index (χ1n) is 8.73. The molecule has 1 fully saturated rings. The van der Waals surface area contributed by atoms with E-state index in [4.69, 9.17) is 11.6 Å². The summed E-state index contributed by atoms with van der Waals surface area (Å²) in [5, 5.41) is 3.32. The molecule has 1 N–H and O–H groups in total. The van der Waals surface area contributed by atoms with E-state index in [0.717, 1.165) is 11.1 Å². The van der Waals surface area contributed by atoms with Crippen LogP contribution in [0.25, 0.3) is 0 Å². The van der Waals surface area contributed by atoms with Crippen LogP contribution in [-0.2, 0) is 0 Å². The lowest BCUT2D eigenvalue weighted by atomic mass is 9.99. The van der Waals surface area contributed by atoms with Gasteiger partial charge in [0.15, 0.2) is 0 Å². The van der Waals surface area contributed by atoms with Crippen molar-refractivity contribution in [3.8, 4) is 0 Å². The van der Waals surface area contributed by atoms with Crippen LogP contribution >= 0.6 is 11.6 Å². The average molecular weight is 383 g/mol. The number of likely N-dealkylation sites (tertiary alicyclic amines) is 1. The van der Waals surface area contributed by atoms with E-state index in [2.05, 4.69) is 11.9 Å². The minimum Gasteiger partial charge on any atom is -0.350 e. The monoisotopic (exact) mass is 382 g/mol. The first-order chi connectivity index (χ1) is 12.3. The molecule has 1 saturated heterocycles.